The quantitative estimate of drug-likeness (QED) is 0.667. The van der Waals surface area contributed by atoms with E-state index in [1.165, 1.54) is 0 Å². The average Bonchev–Trinajstić information content (AvgIpc) is 2.18. The normalized spacial score (nSPS) is 11.7. The van der Waals surface area contributed by atoms with Crippen LogP contribution in [0.25, 0.3) is 0 Å². The van der Waals surface area contributed by atoms with Crippen LogP contribution < -0.4 is 11.1 Å². The Hall–Kier alpha value is -0.450. The fourth-order valence-electron chi connectivity index (χ4n) is 0.947. The van der Waals surface area contributed by atoms with E-state index in [4.69, 9.17) is 10.5 Å². The van der Waals surface area contributed by atoms with Crippen molar-refractivity contribution in [2.75, 3.05) is 33.9 Å². The summed E-state index contributed by atoms with van der Waals surface area (Å²) in [5, 5.41) is 2.75. The van der Waals surface area contributed by atoms with Gasteiger partial charge in [0.05, 0.1) is 13.2 Å². The second-order valence-electron chi connectivity index (χ2n) is 5.90. The first-order chi connectivity index (χ1) is 7.74. The van der Waals surface area contributed by atoms with Crippen LogP contribution in [0.2, 0.25) is 0 Å². The molecule has 0 aliphatic heterocycles. The molecule has 0 aliphatic carbocycles. The zero-order valence-electron chi connectivity index (χ0n) is 12.3. The van der Waals surface area contributed by atoms with Crippen molar-refractivity contribution in [2.24, 2.45) is 16.6 Å². The van der Waals surface area contributed by atoms with Crippen LogP contribution >= 0.6 is 0 Å². The molecule has 0 bridgehead atoms. The molecule has 4 heteroatoms. The van der Waals surface area contributed by atoms with Crippen LogP contribution in [0.15, 0.2) is 0 Å². The molecule has 0 unspecified atom stereocenters. The number of carbonyl (C=O) groups is 1. The van der Waals surface area contributed by atoms with Crippen molar-refractivity contribution < 1.29 is 9.53 Å². The number of aldehydes is 1. The van der Waals surface area contributed by atoms with Gasteiger partial charge in [0, 0.05) is 11.8 Å². The summed E-state index contributed by atoms with van der Waals surface area (Å²) in [5.41, 5.74) is 5.54. The molecule has 17 heavy (non-hydrogen) atoms. The number of hydrogen-bond acceptors (Lipinski definition) is 4. The zero-order chi connectivity index (χ0) is 13.9. The largest absolute Gasteiger partial charge is 0.380 e. The molecular weight excluding hydrogens is 216 g/mol. The highest BCUT2D eigenvalue weighted by molar-refractivity contribution is 5.50. The predicted molar refractivity (Wildman–Crippen MR) is 73.1 cm³/mol. The van der Waals surface area contributed by atoms with E-state index in [0.29, 0.717) is 26.2 Å². The van der Waals surface area contributed by atoms with Crippen LogP contribution in [-0.4, -0.2) is 40.1 Å². The topological polar surface area (TPSA) is 64.3 Å². The van der Waals surface area contributed by atoms with Gasteiger partial charge in [-0.1, -0.05) is 27.7 Å². The molecule has 104 valence electrons. The number of nitrogens with two attached hydrogens (primary N) is 1. The summed E-state index contributed by atoms with van der Waals surface area (Å²) in [5.74, 6) is 0. The molecule has 0 aromatic carbocycles. The van der Waals surface area contributed by atoms with Crippen LogP contribution in [0.1, 0.15) is 34.1 Å². The van der Waals surface area contributed by atoms with E-state index in [9.17, 15) is 4.79 Å². The lowest BCUT2D eigenvalue weighted by Gasteiger charge is -2.26. The molecule has 0 atom stereocenters. The Morgan fingerprint density at radius 1 is 1.12 bits per heavy atom. The summed E-state index contributed by atoms with van der Waals surface area (Å²) in [7, 11) is 3.75. The average molecular weight is 246 g/mol. The van der Waals surface area contributed by atoms with Gasteiger partial charge in [-0.2, -0.15) is 0 Å². The molecule has 3 N–H and O–H groups in total. The molecule has 0 amide bonds. The van der Waals surface area contributed by atoms with E-state index in [-0.39, 0.29) is 10.8 Å². The lowest BCUT2D eigenvalue weighted by molar-refractivity contribution is -0.110. The lowest BCUT2D eigenvalue weighted by Crippen LogP contribution is -2.31. The Morgan fingerprint density at radius 3 is 1.88 bits per heavy atom. The van der Waals surface area contributed by atoms with E-state index in [1.54, 1.807) is 0 Å². The van der Waals surface area contributed by atoms with Crippen LogP contribution in [0.3, 0.4) is 0 Å². The molecular formula is C13H30N2O2. The zero-order valence-corrected chi connectivity index (χ0v) is 12.3. The maximum atomic E-state index is 10.4. The number of ether oxygens (including phenoxy) is 1. The first-order valence-corrected chi connectivity index (χ1v) is 6.04. The van der Waals surface area contributed by atoms with E-state index in [1.807, 2.05) is 27.9 Å². The highest BCUT2D eigenvalue weighted by Gasteiger charge is 2.21. The third-order valence-electron chi connectivity index (χ3n) is 2.17. The molecule has 0 spiro atoms. The van der Waals surface area contributed by atoms with Gasteiger partial charge in [-0.05, 0) is 26.1 Å². The molecule has 4 nitrogen and oxygen atoms in total. The van der Waals surface area contributed by atoms with E-state index < -0.39 is 0 Å². The van der Waals surface area contributed by atoms with Crippen molar-refractivity contribution >= 4 is 6.29 Å². The van der Waals surface area contributed by atoms with Crippen molar-refractivity contribution in [3.05, 3.63) is 0 Å². The van der Waals surface area contributed by atoms with E-state index in [0.717, 1.165) is 6.29 Å². The Kier molecular flexibility index (Phi) is 10.6. The maximum Gasteiger partial charge on any atom is 0.120 e. The summed E-state index contributed by atoms with van der Waals surface area (Å²) >= 11 is 0. The van der Waals surface area contributed by atoms with Crippen molar-refractivity contribution in [3.8, 4) is 0 Å². The Labute approximate surface area is 106 Å². The monoisotopic (exact) mass is 246 g/mol. The SMILES string of the molecule is CC(C)(CN)COCC(C)(C)CC=O.CNC. The van der Waals surface area contributed by atoms with Crippen LogP contribution in [-0.2, 0) is 9.53 Å². The van der Waals surface area contributed by atoms with Crippen LogP contribution in [0, 0.1) is 10.8 Å². The molecule has 0 saturated carbocycles. The minimum Gasteiger partial charge on any atom is -0.380 e. The molecule has 0 radical (unpaired) electrons. The summed E-state index contributed by atoms with van der Waals surface area (Å²) in [6.07, 6.45) is 1.48. The fourth-order valence-corrected chi connectivity index (χ4v) is 0.947. The van der Waals surface area contributed by atoms with Gasteiger partial charge < -0.3 is 20.6 Å². The van der Waals surface area contributed by atoms with Crippen molar-refractivity contribution in [1.82, 2.24) is 5.32 Å². The summed E-state index contributed by atoms with van der Waals surface area (Å²) < 4.78 is 5.57. The highest BCUT2D eigenvalue weighted by Crippen LogP contribution is 2.21. The first kappa shape index (κ1) is 18.9. The fraction of sp³-hybridized carbons (Fsp3) is 0.923. The molecule has 0 saturated heterocycles. The predicted octanol–water partition coefficient (Wildman–Crippen LogP) is 1.44. The van der Waals surface area contributed by atoms with Gasteiger partial charge in [-0.15, -0.1) is 0 Å². The van der Waals surface area contributed by atoms with Gasteiger partial charge in [-0.25, -0.2) is 0 Å². The highest BCUT2D eigenvalue weighted by atomic mass is 16.5. The Bertz CT molecular complexity index is 192. The van der Waals surface area contributed by atoms with E-state index >= 15 is 0 Å². The first-order valence-electron chi connectivity index (χ1n) is 6.04. The van der Waals surface area contributed by atoms with Gasteiger partial charge in [0.2, 0.25) is 0 Å². The third kappa shape index (κ3) is 13.5. The van der Waals surface area contributed by atoms with Gasteiger partial charge >= 0.3 is 0 Å². The Morgan fingerprint density at radius 2 is 1.53 bits per heavy atom. The molecule has 0 aromatic rings. The van der Waals surface area contributed by atoms with E-state index in [2.05, 4.69) is 19.2 Å². The minimum absolute atomic E-state index is 0.0251. The van der Waals surface area contributed by atoms with Gasteiger partial charge in [-0.3, -0.25) is 0 Å². The maximum absolute atomic E-state index is 10.4. The standard InChI is InChI=1S/C11H23NO2.C2H7N/c1-10(2,5-6-13)8-14-9-11(3,4)7-12;1-3-2/h6H,5,7-9,12H2,1-4H3;3H,1-2H3. The number of rotatable bonds is 7. The smallest absolute Gasteiger partial charge is 0.120 e. The lowest BCUT2D eigenvalue weighted by atomic mass is 9.91. The molecule has 0 aliphatic rings. The van der Waals surface area contributed by atoms with Gasteiger partial charge in [0.1, 0.15) is 6.29 Å². The van der Waals surface area contributed by atoms with Crippen molar-refractivity contribution in [2.45, 2.75) is 34.1 Å². The second-order valence-corrected chi connectivity index (χ2v) is 5.90. The third-order valence-corrected chi connectivity index (χ3v) is 2.17. The molecule has 0 fully saturated rings. The summed E-state index contributed by atoms with van der Waals surface area (Å²) in [6, 6.07) is 0. The molecule has 0 rings (SSSR count). The molecule has 0 heterocycles. The van der Waals surface area contributed by atoms with Gasteiger partial charge in [0.25, 0.3) is 0 Å². The number of nitrogens with one attached hydrogen (secondary N) is 1. The van der Waals surface area contributed by atoms with Crippen LogP contribution in [0.5, 0.6) is 0 Å². The molecule has 0 aromatic heterocycles. The second kappa shape index (κ2) is 9.57. The Balaban J connectivity index is 0. The van der Waals surface area contributed by atoms with Crippen molar-refractivity contribution in [1.29, 1.82) is 0 Å². The summed E-state index contributed by atoms with van der Waals surface area (Å²) in [4.78, 5) is 10.4. The van der Waals surface area contributed by atoms with Crippen LogP contribution in [0.4, 0.5) is 0 Å². The van der Waals surface area contributed by atoms with Gasteiger partial charge in [0.15, 0.2) is 0 Å². The summed E-state index contributed by atoms with van der Waals surface area (Å²) in [6.45, 7) is 10.1. The van der Waals surface area contributed by atoms with Crippen molar-refractivity contribution in [3.63, 3.8) is 0 Å². The minimum atomic E-state index is -0.0631. The number of carbonyl (C=O) groups excluding carboxylic acids is 1. The number of hydrogen-bond donors (Lipinski definition) is 2.